The fraction of sp³-hybridized carbons (Fsp3) is 0.476. The Morgan fingerprint density at radius 2 is 2.00 bits per heavy atom. The third-order valence-corrected chi connectivity index (χ3v) is 6.27. The van der Waals surface area contributed by atoms with Gasteiger partial charge in [0, 0.05) is 33.2 Å². The smallest absolute Gasteiger partial charge is 0.238 e. The van der Waals surface area contributed by atoms with Crippen LogP contribution in [0.1, 0.15) is 30.6 Å². The van der Waals surface area contributed by atoms with E-state index < -0.39 is 10.0 Å². The van der Waals surface area contributed by atoms with E-state index in [1.165, 1.54) is 25.0 Å². The minimum absolute atomic E-state index is 0.0963. The van der Waals surface area contributed by atoms with Gasteiger partial charge in [-0.2, -0.15) is 0 Å². The molecule has 0 bridgehead atoms. The molecule has 0 spiro atoms. The number of nitrogens with zero attached hydrogens (tertiary/aromatic N) is 1. The van der Waals surface area contributed by atoms with Crippen LogP contribution in [0.3, 0.4) is 0 Å². The largest absolute Gasteiger partial charge is 0.469 e. The van der Waals surface area contributed by atoms with Crippen molar-refractivity contribution in [1.82, 2.24) is 10.6 Å². The van der Waals surface area contributed by atoms with Gasteiger partial charge in [-0.15, -0.1) is 0 Å². The van der Waals surface area contributed by atoms with Crippen LogP contribution in [0.5, 0.6) is 0 Å². The SMILES string of the molecule is COCCC1(CNC(=NCc2ccc(S(N)(=O)=O)cc2)NCCc2ccco2)CC1. The average molecular weight is 435 g/mol. The zero-order chi connectivity index (χ0) is 21.5. The van der Waals surface area contributed by atoms with Gasteiger partial charge in [0.05, 0.1) is 17.7 Å². The Hall–Kier alpha value is -2.36. The van der Waals surface area contributed by atoms with Crippen LogP contribution in [0.25, 0.3) is 0 Å². The summed E-state index contributed by atoms with van der Waals surface area (Å²) in [5.74, 6) is 1.64. The second-order valence-electron chi connectivity index (χ2n) is 7.71. The Balaban J connectivity index is 1.60. The summed E-state index contributed by atoms with van der Waals surface area (Å²) < 4.78 is 33.4. The molecule has 164 valence electrons. The van der Waals surface area contributed by atoms with Gasteiger partial charge in [0.2, 0.25) is 10.0 Å². The number of benzene rings is 1. The number of hydrogen-bond donors (Lipinski definition) is 3. The van der Waals surface area contributed by atoms with Gasteiger partial charge in [0.1, 0.15) is 5.76 Å². The van der Waals surface area contributed by atoms with E-state index in [9.17, 15) is 8.42 Å². The topological polar surface area (TPSA) is 119 Å². The fourth-order valence-corrected chi connectivity index (χ4v) is 3.69. The third-order valence-electron chi connectivity index (χ3n) is 5.34. The summed E-state index contributed by atoms with van der Waals surface area (Å²) in [6.45, 7) is 2.71. The molecule has 0 aliphatic heterocycles. The zero-order valence-corrected chi connectivity index (χ0v) is 18.1. The van der Waals surface area contributed by atoms with Crippen molar-refractivity contribution in [3.63, 3.8) is 0 Å². The highest BCUT2D eigenvalue weighted by atomic mass is 32.2. The molecular formula is C21H30N4O4S. The summed E-state index contributed by atoms with van der Waals surface area (Å²) in [5, 5.41) is 12.0. The Kier molecular flexibility index (Phi) is 7.52. The molecule has 0 unspecified atom stereocenters. The van der Waals surface area contributed by atoms with Crippen LogP contribution in [-0.2, 0) is 27.7 Å². The predicted molar refractivity (Wildman–Crippen MR) is 116 cm³/mol. The molecule has 1 aliphatic carbocycles. The molecule has 1 heterocycles. The van der Waals surface area contributed by atoms with Crippen molar-refractivity contribution >= 4 is 16.0 Å². The van der Waals surface area contributed by atoms with E-state index in [1.807, 2.05) is 12.1 Å². The molecule has 8 nitrogen and oxygen atoms in total. The molecule has 4 N–H and O–H groups in total. The molecule has 1 aliphatic rings. The van der Waals surface area contributed by atoms with E-state index in [0.717, 1.165) is 43.3 Å². The highest BCUT2D eigenvalue weighted by Crippen LogP contribution is 2.48. The van der Waals surface area contributed by atoms with Crippen LogP contribution in [0.15, 0.2) is 57.0 Å². The maximum Gasteiger partial charge on any atom is 0.238 e. The monoisotopic (exact) mass is 434 g/mol. The van der Waals surface area contributed by atoms with E-state index in [4.69, 9.17) is 14.3 Å². The van der Waals surface area contributed by atoms with Crippen LogP contribution >= 0.6 is 0 Å². The second-order valence-corrected chi connectivity index (χ2v) is 9.27. The first kappa shape index (κ1) is 22.3. The highest BCUT2D eigenvalue weighted by molar-refractivity contribution is 7.89. The van der Waals surface area contributed by atoms with E-state index in [2.05, 4.69) is 15.6 Å². The Bertz CT molecular complexity index is 920. The van der Waals surface area contributed by atoms with Crippen molar-refractivity contribution in [1.29, 1.82) is 0 Å². The lowest BCUT2D eigenvalue weighted by atomic mass is 10.0. The van der Waals surface area contributed by atoms with Crippen LogP contribution in [-0.4, -0.2) is 41.2 Å². The lowest BCUT2D eigenvalue weighted by Gasteiger charge is -2.18. The standard InChI is InChI=1S/C21H30N4O4S/c1-28-14-11-21(9-10-21)16-25-20(23-12-8-18-3-2-13-29-18)24-15-17-4-6-19(7-5-17)30(22,26)27/h2-7,13H,8-12,14-16H2,1H3,(H2,22,26,27)(H2,23,24,25). The molecule has 9 heteroatoms. The zero-order valence-electron chi connectivity index (χ0n) is 17.3. The van der Waals surface area contributed by atoms with Crippen LogP contribution < -0.4 is 15.8 Å². The van der Waals surface area contributed by atoms with Gasteiger partial charge in [0.25, 0.3) is 0 Å². The number of hydrogen-bond acceptors (Lipinski definition) is 5. The van der Waals surface area contributed by atoms with Crippen molar-refractivity contribution in [2.75, 3.05) is 26.8 Å². The summed E-state index contributed by atoms with van der Waals surface area (Å²) in [5.41, 5.74) is 1.19. The molecular weight excluding hydrogens is 404 g/mol. The molecule has 1 aromatic carbocycles. The molecule has 30 heavy (non-hydrogen) atoms. The van der Waals surface area contributed by atoms with Crippen LogP contribution in [0.2, 0.25) is 0 Å². The number of guanidine groups is 1. The fourth-order valence-electron chi connectivity index (χ4n) is 3.17. The number of rotatable bonds is 11. The van der Waals surface area contributed by atoms with E-state index >= 15 is 0 Å². The lowest BCUT2D eigenvalue weighted by Crippen LogP contribution is -2.41. The molecule has 1 aromatic heterocycles. The summed E-state index contributed by atoms with van der Waals surface area (Å²) in [6.07, 6.45) is 5.84. The minimum atomic E-state index is -3.69. The number of methoxy groups -OCH3 is 1. The minimum Gasteiger partial charge on any atom is -0.469 e. The van der Waals surface area contributed by atoms with Gasteiger partial charge >= 0.3 is 0 Å². The van der Waals surface area contributed by atoms with Gasteiger partial charge < -0.3 is 19.8 Å². The Labute approximate surface area is 178 Å². The highest BCUT2D eigenvalue weighted by Gasteiger charge is 2.41. The molecule has 0 amide bonds. The number of nitrogens with one attached hydrogen (secondary N) is 2. The van der Waals surface area contributed by atoms with Gasteiger partial charge in [-0.05, 0) is 54.5 Å². The molecule has 0 radical (unpaired) electrons. The normalized spacial score (nSPS) is 15.7. The third kappa shape index (κ3) is 6.86. The lowest BCUT2D eigenvalue weighted by molar-refractivity contribution is 0.172. The van der Waals surface area contributed by atoms with E-state index in [0.29, 0.717) is 13.1 Å². The first-order valence-electron chi connectivity index (χ1n) is 10.1. The van der Waals surface area contributed by atoms with Crippen LogP contribution in [0, 0.1) is 5.41 Å². The maximum absolute atomic E-state index is 11.4. The first-order valence-corrected chi connectivity index (χ1v) is 11.6. The number of nitrogens with two attached hydrogens (primary N) is 1. The first-order chi connectivity index (χ1) is 14.4. The van der Waals surface area contributed by atoms with Crippen molar-refractivity contribution in [3.05, 3.63) is 54.0 Å². The van der Waals surface area contributed by atoms with Crippen LogP contribution in [0.4, 0.5) is 0 Å². The number of primary sulfonamides is 1. The summed E-state index contributed by atoms with van der Waals surface area (Å²) >= 11 is 0. The summed E-state index contributed by atoms with van der Waals surface area (Å²) in [6, 6.07) is 10.3. The van der Waals surface area contributed by atoms with Gasteiger partial charge in [0.15, 0.2) is 5.96 Å². The van der Waals surface area contributed by atoms with Crippen molar-refractivity contribution < 1.29 is 17.6 Å². The number of ether oxygens (including phenoxy) is 1. The van der Waals surface area contributed by atoms with Crippen molar-refractivity contribution in [2.24, 2.45) is 15.5 Å². The summed E-state index contributed by atoms with van der Waals surface area (Å²) in [7, 11) is -1.96. The van der Waals surface area contributed by atoms with Gasteiger partial charge in [-0.1, -0.05) is 12.1 Å². The number of furan rings is 1. The Morgan fingerprint density at radius 1 is 1.23 bits per heavy atom. The molecule has 1 fully saturated rings. The maximum atomic E-state index is 11.4. The molecule has 3 rings (SSSR count). The second kappa shape index (κ2) is 10.1. The quantitative estimate of drug-likeness (QED) is 0.368. The van der Waals surface area contributed by atoms with Gasteiger partial charge in [-0.3, -0.25) is 0 Å². The number of aliphatic imine (C=N–C) groups is 1. The summed E-state index contributed by atoms with van der Waals surface area (Å²) in [4.78, 5) is 4.76. The molecule has 0 saturated heterocycles. The van der Waals surface area contributed by atoms with Crippen molar-refractivity contribution in [2.45, 2.75) is 37.1 Å². The average Bonchev–Trinajstić information content (AvgIpc) is 3.30. The predicted octanol–water partition coefficient (Wildman–Crippen LogP) is 2.02. The number of sulfonamides is 1. The molecule has 0 atom stereocenters. The molecule has 1 saturated carbocycles. The van der Waals surface area contributed by atoms with Crippen molar-refractivity contribution in [3.8, 4) is 0 Å². The molecule has 2 aromatic rings. The van der Waals surface area contributed by atoms with E-state index in [1.54, 1.807) is 25.5 Å². The van der Waals surface area contributed by atoms with Gasteiger partial charge in [-0.25, -0.2) is 18.5 Å². The Morgan fingerprint density at radius 3 is 2.60 bits per heavy atom. The van der Waals surface area contributed by atoms with E-state index in [-0.39, 0.29) is 10.3 Å².